The van der Waals surface area contributed by atoms with E-state index in [1.165, 1.54) is 6.92 Å². The van der Waals surface area contributed by atoms with E-state index < -0.39 is 15.6 Å². The summed E-state index contributed by atoms with van der Waals surface area (Å²) in [7, 11) is -3.66. The number of aryl methyl sites for hydroxylation is 1. The number of anilines is 1. The van der Waals surface area contributed by atoms with Crippen molar-refractivity contribution >= 4 is 34.0 Å². The van der Waals surface area contributed by atoms with E-state index in [2.05, 4.69) is 4.72 Å². The van der Waals surface area contributed by atoms with Crippen molar-refractivity contribution in [3.8, 4) is 0 Å². The van der Waals surface area contributed by atoms with Gasteiger partial charge in [-0.1, -0.05) is 19.9 Å². The van der Waals surface area contributed by atoms with Crippen LogP contribution in [0.3, 0.4) is 0 Å². The Kier molecular flexibility index (Phi) is 7.43. The SMILES string of the molecule is CCC(N)(CC)CNS(=O)(=O)c1ccc2c(c1)N(C(C)=O)CCC2.Cl. The topological polar surface area (TPSA) is 92.5 Å². The summed E-state index contributed by atoms with van der Waals surface area (Å²) in [6.45, 7) is 6.20. The van der Waals surface area contributed by atoms with Gasteiger partial charge in [-0.2, -0.15) is 0 Å². The number of nitrogens with one attached hydrogen (secondary N) is 1. The van der Waals surface area contributed by atoms with Crippen LogP contribution in [0.4, 0.5) is 5.69 Å². The van der Waals surface area contributed by atoms with Gasteiger partial charge < -0.3 is 10.6 Å². The fourth-order valence-electron chi connectivity index (χ4n) is 2.87. The quantitative estimate of drug-likeness (QED) is 0.780. The van der Waals surface area contributed by atoms with Crippen LogP contribution in [0.5, 0.6) is 0 Å². The Morgan fingerprint density at radius 2 is 1.96 bits per heavy atom. The van der Waals surface area contributed by atoms with E-state index in [-0.39, 0.29) is 29.8 Å². The summed E-state index contributed by atoms with van der Waals surface area (Å²) in [4.78, 5) is 13.6. The molecule has 2 rings (SSSR count). The van der Waals surface area contributed by atoms with Crippen molar-refractivity contribution in [2.45, 2.75) is 56.9 Å². The number of carbonyl (C=O) groups is 1. The van der Waals surface area contributed by atoms with E-state index in [0.29, 0.717) is 25.1 Å². The monoisotopic (exact) mass is 389 g/mol. The van der Waals surface area contributed by atoms with Crippen LogP contribution < -0.4 is 15.4 Å². The van der Waals surface area contributed by atoms with Gasteiger partial charge in [0.15, 0.2) is 0 Å². The number of hydrogen-bond acceptors (Lipinski definition) is 4. The van der Waals surface area contributed by atoms with Crippen LogP contribution in [0, 0.1) is 0 Å². The molecule has 0 spiro atoms. The first-order valence-electron chi connectivity index (χ1n) is 8.42. The largest absolute Gasteiger partial charge is 0.324 e. The maximum absolute atomic E-state index is 12.6. The summed E-state index contributed by atoms with van der Waals surface area (Å²) in [5.74, 6) is -0.0728. The molecule has 0 atom stereocenters. The number of fused-ring (bicyclic) bond motifs is 1. The summed E-state index contributed by atoms with van der Waals surface area (Å²) in [5, 5.41) is 0. The molecule has 3 N–H and O–H groups in total. The molecular formula is C17H28ClN3O3S. The molecule has 0 saturated heterocycles. The molecule has 0 aliphatic carbocycles. The molecule has 0 radical (unpaired) electrons. The molecule has 0 saturated carbocycles. The summed E-state index contributed by atoms with van der Waals surface area (Å²) in [6, 6.07) is 4.99. The Morgan fingerprint density at radius 3 is 2.52 bits per heavy atom. The second-order valence-corrected chi connectivity index (χ2v) is 8.23. The normalized spacial score (nSPS) is 14.6. The highest BCUT2D eigenvalue weighted by Crippen LogP contribution is 2.30. The van der Waals surface area contributed by atoms with Crippen LogP contribution >= 0.6 is 12.4 Å². The Bertz CT molecular complexity index is 718. The molecule has 25 heavy (non-hydrogen) atoms. The highest BCUT2D eigenvalue weighted by atomic mass is 35.5. The third kappa shape index (κ3) is 4.94. The molecule has 1 aliphatic heterocycles. The maximum Gasteiger partial charge on any atom is 0.240 e. The minimum absolute atomic E-state index is 0. The van der Waals surface area contributed by atoms with Gasteiger partial charge in [0.2, 0.25) is 15.9 Å². The Morgan fingerprint density at radius 1 is 1.32 bits per heavy atom. The van der Waals surface area contributed by atoms with Crippen LogP contribution in [0.15, 0.2) is 23.1 Å². The lowest BCUT2D eigenvalue weighted by Crippen LogP contribution is -2.49. The van der Waals surface area contributed by atoms with Gasteiger partial charge >= 0.3 is 0 Å². The van der Waals surface area contributed by atoms with E-state index in [0.717, 1.165) is 18.4 Å². The Labute approximate surface area is 156 Å². The lowest BCUT2D eigenvalue weighted by molar-refractivity contribution is -0.116. The minimum Gasteiger partial charge on any atom is -0.324 e. The molecular weight excluding hydrogens is 362 g/mol. The molecule has 1 aliphatic rings. The number of sulfonamides is 1. The Hall–Kier alpha value is -1.15. The van der Waals surface area contributed by atoms with Gasteiger partial charge in [-0.3, -0.25) is 4.79 Å². The van der Waals surface area contributed by atoms with Crippen molar-refractivity contribution in [3.05, 3.63) is 23.8 Å². The average molecular weight is 390 g/mol. The van der Waals surface area contributed by atoms with Gasteiger partial charge in [0.1, 0.15) is 0 Å². The highest BCUT2D eigenvalue weighted by Gasteiger charge is 2.26. The smallest absolute Gasteiger partial charge is 0.240 e. The number of amides is 1. The average Bonchev–Trinajstić information content (AvgIpc) is 2.58. The number of halogens is 1. The molecule has 1 heterocycles. The molecule has 8 heteroatoms. The van der Waals surface area contributed by atoms with E-state index in [4.69, 9.17) is 5.73 Å². The van der Waals surface area contributed by atoms with Crippen molar-refractivity contribution in [1.29, 1.82) is 0 Å². The molecule has 0 aromatic heterocycles. The lowest BCUT2D eigenvalue weighted by atomic mass is 9.95. The van der Waals surface area contributed by atoms with E-state index in [1.54, 1.807) is 23.1 Å². The molecule has 0 fully saturated rings. The zero-order valence-corrected chi connectivity index (χ0v) is 16.7. The minimum atomic E-state index is -3.66. The third-order valence-electron chi connectivity index (χ3n) is 4.89. The molecule has 1 aromatic carbocycles. The number of carbonyl (C=O) groups excluding carboxylic acids is 1. The van der Waals surface area contributed by atoms with Crippen LogP contribution in [0.2, 0.25) is 0 Å². The predicted octanol–water partition coefficient (Wildman–Crippen LogP) is 2.20. The highest BCUT2D eigenvalue weighted by molar-refractivity contribution is 7.89. The van der Waals surface area contributed by atoms with Crippen LogP contribution in [-0.2, 0) is 21.2 Å². The number of nitrogens with two attached hydrogens (primary N) is 1. The van der Waals surface area contributed by atoms with E-state index in [9.17, 15) is 13.2 Å². The Balaban J connectivity index is 0.00000312. The van der Waals surface area contributed by atoms with Gasteiger partial charge in [-0.25, -0.2) is 13.1 Å². The van der Waals surface area contributed by atoms with Crippen LogP contribution in [0.25, 0.3) is 0 Å². The van der Waals surface area contributed by atoms with Gasteiger partial charge in [0.05, 0.1) is 4.90 Å². The zero-order valence-electron chi connectivity index (χ0n) is 15.0. The number of rotatable bonds is 6. The van der Waals surface area contributed by atoms with Gasteiger partial charge in [0, 0.05) is 31.2 Å². The molecule has 6 nitrogen and oxygen atoms in total. The van der Waals surface area contributed by atoms with Gasteiger partial charge in [-0.05, 0) is 43.4 Å². The number of nitrogens with zero attached hydrogens (tertiary/aromatic N) is 1. The summed E-state index contributed by atoms with van der Waals surface area (Å²) < 4.78 is 27.8. The third-order valence-corrected chi connectivity index (χ3v) is 6.29. The van der Waals surface area contributed by atoms with Crippen LogP contribution in [-0.4, -0.2) is 33.0 Å². The summed E-state index contributed by atoms with van der Waals surface area (Å²) in [6.07, 6.45) is 3.12. The molecule has 1 amide bonds. The molecule has 0 unspecified atom stereocenters. The van der Waals surface area contributed by atoms with E-state index >= 15 is 0 Å². The number of hydrogen-bond donors (Lipinski definition) is 2. The van der Waals surface area contributed by atoms with Gasteiger partial charge in [0.25, 0.3) is 0 Å². The van der Waals surface area contributed by atoms with Gasteiger partial charge in [-0.15, -0.1) is 12.4 Å². The van der Waals surface area contributed by atoms with Crippen molar-refractivity contribution in [3.63, 3.8) is 0 Å². The first-order chi connectivity index (χ1) is 11.2. The molecule has 142 valence electrons. The first kappa shape index (κ1) is 21.9. The number of benzene rings is 1. The fourth-order valence-corrected chi connectivity index (χ4v) is 4.03. The van der Waals surface area contributed by atoms with Crippen molar-refractivity contribution in [2.24, 2.45) is 5.73 Å². The standard InChI is InChI=1S/C17H27N3O3S.ClH/c1-4-17(18,5-2)12-19-24(22,23)15-9-8-14-7-6-10-20(13(3)21)16(14)11-15;/h8-9,11,19H,4-7,10,12,18H2,1-3H3;1H. The van der Waals surface area contributed by atoms with Crippen molar-refractivity contribution in [2.75, 3.05) is 18.0 Å². The second-order valence-electron chi connectivity index (χ2n) is 6.46. The fraction of sp³-hybridized carbons (Fsp3) is 0.588. The van der Waals surface area contributed by atoms with Crippen molar-refractivity contribution < 1.29 is 13.2 Å². The lowest BCUT2D eigenvalue weighted by Gasteiger charge is -2.29. The van der Waals surface area contributed by atoms with Crippen LogP contribution in [0.1, 0.15) is 45.6 Å². The summed E-state index contributed by atoms with van der Waals surface area (Å²) in [5.41, 5.74) is 7.33. The first-order valence-corrected chi connectivity index (χ1v) is 9.90. The second kappa shape index (κ2) is 8.49. The molecule has 1 aromatic rings. The zero-order chi connectivity index (χ0) is 18.0. The van der Waals surface area contributed by atoms with E-state index in [1.807, 2.05) is 13.8 Å². The predicted molar refractivity (Wildman–Crippen MR) is 103 cm³/mol. The summed E-state index contributed by atoms with van der Waals surface area (Å²) >= 11 is 0. The maximum atomic E-state index is 12.6. The molecule has 0 bridgehead atoms. The van der Waals surface area contributed by atoms with Crippen molar-refractivity contribution in [1.82, 2.24) is 4.72 Å².